The Morgan fingerprint density at radius 3 is 2.10 bits per heavy atom. The van der Waals surface area contributed by atoms with Gasteiger partial charge in [0.05, 0.1) is 5.92 Å². The normalized spacial score (nSPS) is 14.0. The number of carbonyl (C=O) groups excluding carboxylic acids is 2. The van der Waals surface area contributed by atoms with Gasteiger partial charge in [-0.1, -0.05) is 20.8 Å². The zero-order chi connectivity index (χ0) is 16.8. The lowest BCUT2D eigenvalue weighted by atomic mass is 9.84. The lowest BCUT2D eigenvalue weighted by molar-refractivity contribution is -0.142. The number of rotatable bonds is 6. The van der Waals surface area contributed by atoms with Gasteiger partial charge in [-0.15, -0.1) is 0 Å². The van der Waals surface area contributed by atoms with Crippen molar-refractivity contribution < 1.29 is 19.5 Å². The second-order valence-corrected chi connectivity index (χ2v) is 6.61. The van der Waals surface area contributed by atoms with E-state index in [0.717, 1.165) is 0 Å². The van der Waals surface area contributed by atoms with E-state index in [4.69, 9.17) is 5.11 Å². The van der Waals surface area contributed by atoms with E-state index < -0.39 is 24.0 Å². The molecule has 122 valence electrons. The van der Waals surface area contributed by atoms with Crippen LogP contribution in [0.25, 0.3) is 0 Å². The Morgan fingerprint density at radius 2 is 1.71 bits per heavy atom. The minimum atomic E-state index is -0.942. The number of aliphatic carboxylic acids is 1. The number of carbonyl (C=O) groups is 3. The molecular weight excluding hydrogens is 274 g/mol. The molecule has 0 heterocycles. The average Bonchev–Trinajstić information content (AvgIpc) is 2.31. The Kier molecular flexibility index (Phi) is 7.18. The van der Waals surface area contributed by atoms with Crippen molar-refractivity contribution in [2.75, 3.05) is 20.6 Å². The molecule has 0 aromatic carbocycles. The summed E-state index contributed by atoms with van der Waals surface area (Å²) in [7, 11) is 3.20. The first kappa shape index (κ1) is 19.2. The van der Waals surface area contributed by atoms with E-state index in [0.29, 0.717) is 6.42 Å². The second kappa shape index (κ2) is 7.85. The molecule has 0 spiro atoms. The lowest BCUT2D eigenvalue weighted by Gasteiger charge is -2.24. The fraction of sp³-hybridized carbons (Fsp3) is 0.786. The van der Waals surface area contributed by atoms with Crippen LogP contribution in [0, 0.1) is 11.3 Å². The van der Waals surface area contributed by atoms with Crippen LogP contribution in [-0.4, -0.2) is 54.6 Å². The van der Waals surface area contributed by atoms with Crippen LogP contribution in [0.1, 0.15) is 34.1 Å². The summed E-state index contributed by atoms with van der Waals surface area (Å²) in [4.78, 5) is 35.8. The predicted octanol–water partition coefficient (Wildman–Crippen LogP) is 0.899. The van der Waals surface area contributed by atoms with Crippen LogP contribution in [0.3, 0.4) is 0 Å². The quantitative estimate of drug-likeness (QED) is 0.678. The van der Waals surface area contributed by atoms with Crippen molar-refractivity contribution in [3.05, 3.63) is 0 Å². The Bertz CT molecular complexity index is 388. The Balaban J connectivity index is 4.38. The number of amides is 3. The number of nitrogens with zero attached hydrogens (tertiary/aromatic N) is 1. The van der Waals surface area contributed by atoms with Gasteiger partial charge in [-0.25, -0.2) is 4.79 Å². The maximum Gasteiger partial charge on any atom is 0.315 e. The standard InChI is InChI=1S/C14H27N3O4/c1-9(11(18)17(5)6)16-13(21)15-8-10(12(19)20)7-14(2,3)4/h9-10H,7-8H2,1-6H3,(H,19,20)(H2,15,16,21). The summed E-state index contributed by atoms with van der Waals surface area (Å²) in [5, 5.41) is 14.2. The molecule has 0 saturated carbocycles. The number of nitrogens with one attached hydrogen (secondary N) is 2. The van der Waals surface area contributed by atoms with Crippen molar-refractivity contribution in [2.24, 2.45) is 11.3 Å². The molecule has 7 heteroatoms. The SMILES string of the molecule is CC(NC(=O)NCC(CC(C)(C)C)C(=O)O)C(=O)N(C)C. The Labute approximate surface area is 126 Å². The topological polar surface area (TPSA) is 98.7 Å². The maximum atomic E-state index is 11.7. The largest absolute Gasteiger partial charge is 0.481 e. The summed E-state index contributed by atoms with van der Waals surface area (Å²) >= 11 is 0. The van der Waals surface area contributed by atoms with E-state index in [1.807, 2.05) is 20.8 Å². The van der Waals surface area contributed by atoms with Gasteiger partial charge < -0.3 is 20.6 Å². The van der Waals surface area contributed by atoms with Gasteiger partial charge in [0, 0.05) is 20.6 Å². The lowest BCUT2D eigenvalue weighted by Crippen LogP contribution is -2.49. The summed E-state index contributed by atoms with van der Waals surface area (Å²) in [6.45, 7) is 7.44. The number of carboxylic acids is 1. The summed E-state index contributed by atoms with van der Waals surface area (Å²) < 4.78 is 0. The number of carboxylic acid groups (broad SMARTS) is 1. The van der Waals surface area contributed by atoms with Gasteiger partial charge in [0.1, 0.15) is 6.04 Å². The summed E-state index contributed by atoms with van der Waals surface area (Å²) in [6, 6.07) is -1.20. The van der Waals surface area contributed by atoms with Crippen LogP contribution in [0.5, 0.6) is 0 Å². The van der Waals surface area contributed by atoms with Crippen LogP contribution in [-0.2, 0) is 9.59 Å². The predicted molar refractivity (Wildman–Crippen MR) is 79.9 cm³/mol. The first-order valence-corrected chi connectivity index (χ1v) is 6.92. The van der Waals surface area contributed by atoms with Gasteiger partial charge in [0.15, 0.2) is 0 Å². The van der Waals surface area contributed by atoms with E-state index >= 15 is 0 Å². The molecule has 3 amide bonds. The molecule has 2 atom stereocenters. The molecule has 0 saturated heterocycles. The number of urea groups is 1. The number of hydrogen-bond acceptors (Lipinski definition) is 3. The first-order chi connectivity index (χ1) is 9.44. The van der Waals surface area contributed by atoms with E-state index in [2.05, 4.69) is 10.6 Å². The maximum absolute atomic E-state index is 11.7. The van der Waals surface area contributed by atoms with Crippen LogP contribution in [0.4, 0.5) is 4.79 Å². The minimum absolute atomic E-state index is 0.0291. The molecule has 0 rings (SSSR count). The molecule has 0 aromatic heterocycles. The zero-order valence-corrected chi connectivity index (χ0v) is 13.7. The second-order valence-electron chi connectivity index (χ2n) is 6.61. The molecule has 0 fully saturated rings. The minimum Gasteiger partial charge on any atom is -0.481 e. The highest BCUT2D eigenvalue weighted by Gasteiger charge is 2.25. The highest BCUT2D eigenvalue weighted by Crippen LogP contribution is 2.24. The molecule has 0 aromatic rings. The summed E-state index contributed by atoms with van der Waals surface area (Å²) in [6.07, 6.45) is 0.453. The highest BCUT2D eigenvalue weighted by atomic mass is 16.4. The van der Waals surface area contributed by atoms with Crippen molar-refractivity contribution >= 4 is 17.9 Å². The third kappa shape index (κ3) is 8.16. The Morgan fingerprint density at radius 1 is 1.19 bits per heavy atom. The van der Waals surface area contributed by atoms with Crippen LogP contribution in [0.2, 0.25) is 0 Å². The van der Waals surface area contributed by atoms with Crippen LogP contribution < -0.4 is 10.6 Å². The monoisotopic (exact) mass is 301 g/mol. The molecule has 0 radical (unpaired) electrons. The van der Waals surface area contributed by atoms with Crippen molar-refractivity contribution in [2.45, 2.75) is 40.2 Å². The average molecular weight is 301 g/mol. The molecule has 0 aliphatic rings. The van der Waals surface area contributed by atoms with E-state index in [-0.39, 0.29) is 17.9 Å². The van der Waals surface area contributed by atoms with Crippen molar-refractivity contribution in [3.63, 3.8) is 0 Å². The fourth-order valence-corrected chi connectivity index (χ4v) is 1.90. The van der Waals surface area contributed by atoms with E-state index in [1.165, 1.54) is 4.90 Å². The molecule has 7 nitrogen and oxygen atoms in total. The third-order valence-corrected chi connectivity index (χ3v) is 2.88. The molecule has 3 N–H and O–H groups in total. The Hall–Kier alpha value is -1.79. The van der Waals surface area contributed by atoms with Gasteiger partial charge in [-0.3, -0.25) is 9.59 Å². The first-order valence-electron chi connectivity index (χ1n) is 6.92. The van der Waals surface area contributed by atoms with E-state index in [1.54, 1.807) is 21.0 Å². The summed E-state index contributed by atoms with van der Waals surface area (Å²) in [5.41, 5.74) is -0.143. The van der Waals surface area contributed by atoms with E-state index in [9.17, 15) is 14.4 Å². The highest BCUT2D eigenvalue weighted by molar-refractivity contribution is 5.86. The number of likely N-dealkylation sites (N-methyl/N-ethyl adjacent to an activating group) is 1. The van der Waals surface area contributed by atoms with Gasteiger partial charge in [0.2, 0.25) is 5.91 Å². The van der Waals surface area contributed by atoms with Gasteiger partial charge in [0.25, 0.3) is 0 Å². The molecule has 2 unspecified atom stereocenters. The van der Waals surface area contributed by atoms with Crippen molar-refractivity contribution in [3.8, 4) is 0 Å². The van der Waals surface area contributed by atoms with Crippen LogP contribution in [0.15, 0.2) is 0 Å². The molecule has 0 aliphatic heterocycles. The van der Waals surface area contributed by atoms with Crippen LogP contribution >= 0.6 is 0 Å². The molecule has 21 heavy (non-hydrogen) atoms. The molecule has 0 bridgehead atoms. The summed E-state index contributed by atoms with van der Waals surface area (Å²) in [5.74, 6) is -1.83. The van der Waals surface area contributed by atoms with Crippen molar-refractivity contribution in [1.29, 1.82) is 0 Å². The number of hydrogen-bond donors (Lipinski definition) is 3. The van der Waals surface area contributed by atoms with Gasteiger partial charge in [-0.2, -0.15) is 0 Å². The molecular formula is C14H27N3O4. The zero-order valence-electron chi connectivity index (χ0n) is 13.7. The molecule has 0 aliphatic carbocycles. The van der Waals surface area contributed by atoms with Gasteiger partial charge in [-0.05, 0) is 18.8 Å². The fourth-order valence-electron chi connectivity index (χ4n) is 1.90. The smallest absolute Gasteiger partial charge is 0.315 e. The van der Waals surface area contributed by atoms with Gasteiger partial charge >= 0.3 is 12.0 Å². The van der Waals surface area contributed by atoms with Crippen molar-refractivity contribution in [1.82, 2.24) is 15.5 Å². The third-order valence-electron chi connectivity index (χ3n) is 2.88.